The summed E-state index contributed by atoms with van der Waals surface area (Å²) in [4.78, 5) is 15.8. The molecule has 1 aliphatic heterocycles. The molecule has 1 N–H and O–H groups in total. The summed E-state index contributed by atoms with van der Waals surface area (Å²) in [6.45, 7) is 5.52. The number of nitro benzene ring substituents is 1. The molecule has 158 valence electrons. The normalized spacial score (nSPS) is 12.5. The predicted molar refractivity (Wildman–Crippen MR) is 120 cm³/mol. The van der Waals surface area contributed by atoms with Gasteiger partial charge in [0.05, 0.1) is 22.9 Å². The van der Waals surface area contributed by atoms with Crippen LogP contribution in [-0.2, 0) is 13.1 Å². The Morgan fingerprint density at radius 2 is 2.00 bits per heavy atom. The maximum atomic E-state index is 11.4. The van der Waals surface area contributed by atoms with Gasteiger partial charge in [0.2, 0.25) is 0 Å². The van der Waals surface area contributed by atoms with Crippen LogP contribution < -0.4 is 5.32 Å². The second kappa shape index (κ2) is 9.44. The number of hydrogen-bond donors (Lipinski definition) is 1. The van der Waals surface area contributed by atoms with E-state index in [0.717, 1.165) is 42.9 Å². The van der Waals surface area contributed by atoms with E-state index >= 15 is 0 Å². The summed E-state index contributed by atoms with van der Waals surface area (Å²) in [5, 5.41) is 23.6. The number of aromatic nitrogens is 3. The zero-order valence-electron chi connectivity index (χ0n) is 17.2. The second-order valence-corrected chi connectivity index (χ2v) is 7.32. The van der Waals surface area contributed by atoms with Crippen LogP contribution in [0.25, 0.3) is 5.69 Å². The molecule has 31 heavy (non-hydrogen) atoms. The molecule has 0 unspecified atom stereocenters. The van der Waals surface area contributed by atoms with Gasteiger partial charge < -0.3 is 5.32 Å². The van der Waals surface area contributed by atoms with E-state index in [1.54, 1.807) is 12.1 Å². The maximum Gasteiger partial charge on any atom is 0.270 e. The smallest absolute Gasteiger partial charge is 0.270 e. The first-order valence-electron chi connectivity index (χ1n) is 10.3. The van der Waals surface area contributed by atoms with Gasteiger partial charge in [-0.3, -0.25) is 19.7 Å². The monoisotopic (exact) mass is 416 g/mol. The molecule has 2 aromatic carbocycles. The van der Waals surface area contributed by atoms with Crippen LogP contribution in [0.5, 0.6) is 0 Å². The van der Waals surface area contributed by atoms with Crippen LogP contribution in [0.15, 0.2) is 66.2 Å². The first-order chi connectivity index (χ1) is 15.2. The van der Waals surface area contributed by atoms with E-state index in [1.165, 1.54) is 6.07 Å². The summed E-state index contributed by atoms with van der Waals surface area (Å²) in [5.41, 5.74) is 3.15. The number of nitro groups is 1. The van der Waals surface area contributed by atoms with E-state index in [0.29, 0.717) is 30.2 Å². The van der Waals surface area contributed by atoms with Crippen molar-refractivity contribution in [1.82, 2.24) is 20.1 Å². The third kappa shape index (κ3) is 4.44. The van der Waals surface area contributed by atoms with Crippen LogP contribution in [-0.4, -0.2) is 31.9 Å². The number of nitrogens with one attached hydrogen (secondary N) is 1. The molecule has 4 rings (SSSR count). The van der Waals surface area contributed by atoms with Crippen molar-refractivity contribution >= 4 is 11.4 Å². The summed E-state index contributed by atoms with van der Waals surface area (Å²) in [7, 11) is 0. The van der Waals surface area contributed by atoms with Gasteiger partial charge in [-0.05, 0) is 31.9 Å². The lowest BCUT2D eigenvalue weighted by molar-refractivity contribution is -0.384. The van der Waals surface area contributed by atoms with Gasteiger partial charge in [0, 0.05) is 23.3 Å². The molecule has 0 radical (unpaired) electrons. The molecule has 0 amide bonds. The Morgan fingerprint density at radius 3 is 2.77 bits per heavy atom. The van der Waals surface area contributed by atoms with E-state index in [-0.39, 0.29) is 10.6 Å². The minimum absolute atomic E-state index is 0.0285. The summed E-state index contributed by atoms with van der Waals surface area (Å²) >= 11 is 0. The van der Waals surface area contributed by atoms with Crippen LogP contribution in [0.3, 0.4) is 0 Å². The fourth-order valence-electron chi connectivity index (χ4n) is 3.69. The number of non-ortho nitro benzene ring substituents is 1. The average molecular weight is 416 g/mol. The fraction of sp³-hybridized carbons (Fsp3) is 0.261. The van der Waals surface area contributed by atoms with Crippen molar-refractivity contribution in [3.8, 4) is 5.69 Å². The number of hydrogen-bond acceptors (Lipinski definition) is 6. The predicted octanol–water partition coefficient (Wildman–Crippen LogP) is 3.97. The molecule has 8 nitrogen and oxygen atoms in total. The Kier molecular flexibility index (Phi) is 6.28. The van der Waals surface area contributed by atoms with E-state index in [2.05, 4.69) is 22.1 Å². The molecule has 0 aliphatic carbocycles. The molecule has 0 bridgehead atoms. The molecule has 0 saturated carbocycles. The maximum absolute atomic E-state index is 11.4. The highest BCUT2D eigenvalue weighted by molar-refractivity contribution is 6.15. The Bertz CT molecular complexity index is 1120. The Labute approximate surface area is 180 Å². The van der Waals surface area contributed by atoms with Crippen LogP contribution in [0, 0.1) is 10.1 Å². The molecule has 2 heterocycles. The molecule has 0 saturated heterocycles. The highest BCUT2D eigenvalue weighted by Crippen LogP contribution is 2.29. The third-order valence-corrected chi connectivity index (χ3v) is 5.20. The highest BCUT2D eigenvalue weighted by atomic mass is 16.6. The average Bonchev–Trinajstić information content (AvgIpc) is 3.11. The molecular formula is C23H24N6O2. The summed E-state index contributed by atoms with van der Waals surface area (Å²) < 4.78 is 1.97. The molecule has 8 heteroatoms. The molecule has 1 aromatic heterocycles. The number of rotatable bonds is 9. The van der Waals surface area contributed by atoms with Gasteiger partial charge in [-0.1, -0.05) is 36.4 Å². The van der Waals surface area contributed by atoms with E-state index in [1.807, 2.05) is 41.0 Å². The lowest BCUT2D eigenvalue weighted by Gasteiger charge is -2.14. The minimum Gasteiger partial charge on any atom is -0.310 e. The van der Waals surface area contributed by atoms with Crippen molar-refractivity contribution in [1.29, 1.82) is 0 Å². The molecule has 0 atom stereocenters. The topological polar surface area (TPSA) is 98.2 Å². The summed E-state index contributed by atoms with van der Waals surface area (Å²) in [5.74, 6) is 1.47. The lowest BCUT2D eigenvalue weighted by atomic mass is 10.00. The van der Waals surface area contributed by atoms with Crippen LogP contribution in [0.2, 0.25) is 0 Å². The SMILES string of the molecule is C=CCCCCNCc1nnc2n1-c1ccc([N+](=O)[O-])cc1C(c1ccccc1)=NC2. The van der Waals surface area contributed by atoms with Gasteiger partial charge in [-0.2, -0.15) is 0 Å². The number of aliphatic imine (C=N–C) groups is 1. The van der Waals surface area contributed by atoms with Crippen LogP contribution >= 0.6 is 0 Å². The first-order valence-corrected chi connectivity index (χ1v) is 10.3. The molecule has 0 spiro atoms. The number of nitrogens with zero attached hydrogens (tertiary/aromatic N) is 5. The van der Waals surface area contributed by atoms with Gasteiger partial charge in [-0.15, -0.1) is 16.8 Å². The van der Waals surface area contributed by atoms with Crippen LogP contribution in [0.4, 0.5) is 5.69 Å². The largest absolute Gasteiger partial charge is 0.310 e. The van der Waals surface area contributed by atoms with Crippen molar-refractivity contribution in [3.05, 3.63) is 94.1 Å². The Hall–Kier alpha value is -3.65. The Balaban J connectivity index is 1.70. The van der Waals surface area contributed by atoms with Crippen molar-refractivity contribution in [2.75, 3.05) is 6.54 Å². The first kappa shape index (κ1) is 20.6. The highest BCUT2D eigenvalue weighted by Gasteiger charge is 2.24. The zero-order valence-corrected chi connectivity index (χ0v) is 17.2. The number of allylic oxidation sites excluding steroid dienone is 1. The van der Waals surface area contributed by atoms with Crippen molar-refractivity contribution in [2.24, 2.45) is 4.99 Å². The number of unbranched alkanes of at least 4 members (excludes halogenated alkanes) is 2. The fourth-order valence-corrected chi connectivity index (χ4v) is 3.69. The standard InChI is InChI=1S/C23H24N6O2/c1-2-3-4-8-13-24-15-21-26-27-22-16-25-23(17-9-6-5-7-10-17)19-14-18(29(30)31)11-12-20(19)28(21)22/h2,5-7,9-12,14,24H,1,3-4,8,13,15-16H2. The third-order valence-electron chi connectivity index (χ3n) is 5.20. The van der Waals surface area contributed by atoms with E-state index in [9.17, 15) is 10.1 Å². The molecule has 3 aromatic rings. The molecule has 0 fully saturated rings. The minimum atomic E-state index is -0.382. The van der Waals surface area contributed by atoms with E-state index < -0.39 is 0 Å². The lowest BCUT2D eigenvalue weighted by Crippen LogP contribution is -2.19. The van der Waals surface area contributed by atoms with Gasteiger partial charge >= 0.3 is 0 Å². The van der Waals surface area contributed by atoms with Gasteiger partial charge in [-0.25, -0.2) is 0 Å². The van der Waals surface area contributed by atoms with Gasteiger partial charge in [0.15, 0.2) is 11.6 Å². The van der Waals surface area contributed by atoms with Gasteiger partial charge in [0.25, 0.3) is 5.69 Å². The van der Waals surface area contributed by atoms with Crippen molar-refractivity contribution in [3.63, 3.8) is 0 Å². The number of fused-ring (bicyclic) bond motifs is 3. The molecule has 1 aliphatic rings. The van der Waals surface area contributed by atoms with Gasteiger partial charge in [0.1, 0.15) is 6.54 Å². The summed E-state index contributed by atoms with van der Waals surface area (Å²) in [6, 6.07) is 14.6. The van der Waals surface area contributed by atoms with Crippen molar-refractivity contribution in [2.45, 2.75) is 32.4 Å². The Morgan fingerprint density at radius 1 is 1.16 bits per heavy atom. The van der Waals surface area contributed by atoms with E-state index in [4.69, 9.17) is 4.99 Å². The second-order valence-electron chi connectivity index (χ2n) is 7.32. The quantitative estimate of drug-likeness (QED) is 0.246. The number of benzene rings is 2. The zero-order chi connectivity index (χ0) is 21.6. The molecular weight excluding hydrogens is 392 g/mol. The van der Waals surface area contributed by atoms with Crippen LogP contribution in [0.1, 0.15) is 42.0 Å². The van der Waals surface area contributed by atoms with Crippen molar-refractivity contribution < 1.29 is 4.92 Å². The summed E-state index contributed by atoms with van der Waals surface area (Å²) in [6.07, 6.45) is 5.08.